The first-order chi connectivity index (χ1) is 14.2. The Kier molecular flexibility index (Phi) is 6.56. The summed E-state index contributed by atoms with van der Waals surface area (Å²) in [4.78, 5) is 17.1. The number of anilines is 5. The molecule has 0 aliphatic carbocycles. The summed E-state index contributed by atoms with van der Waals surface area (Å²) >= 11 is 6.97. The van der Waals surface area contributed by atoms with E-state index in [1.807, 2.05) is 0 Å². The van der Waals surface area contributed by atoms with E-state index in [0.717, 1.165) is 29.2 Å². The molecule has 158 valence electrons. The Hall–Kier alpha value is -3.13. The van der Waals surface area contributed by atoms with Gasteiger partial charge in [0.05, 0.1) is 11.4 Å². The van der Waals surface area contributed by atoms with E-state index in [1.165, 1.54) is 6.07 Å². The summed E-state index contributed by atoms with van der Waals surface area (Å²) < 4.78 is 0. The van der Waals surface area contributed by atoms with Crippen molar-refractivity contribution < 1.29 is 15.2 Å². The number of hydrogen-bond donors (Lipinski definition) is 5. The summed E-state index contributed by atoms with van der Waals surface area (Å²) in [5.74, 6) is -0.527. The Morgan fingerprint density at radius 3 is 2.50 bits per heavy atom. The van der Waals surface area contributed by atoms with Crippen LogP contribution in [0.3, 0.4) is 0 Å². The van der Waals surface area contributed by atoms with E-state index in [1.54, 1.807) is 31.2 Å². The average Bonchev–Trinajstić information content (AvgIpc) is 3.07. The zero-order valence-electron chi connectivity index (χ0n) is 15.3. The van der Waals surface area contributed by atoms with Crippen molar-refractivity contribution in [2.24, 2.45) is 0 Å². The number of carbonyl (C=O) groups excluding carboxylic acids is 1. The lowest BCUT2D eigenvalue weighted by Gasteiger charge is -2.38. The number of aryl methyl sites for hydroxylation is 1. The Balaban J connectivity index is 1.71. The SMILES string of the molecule is Cc1nc(Nc2ccc(Cl)cc2)sc1C(=O)NNc1ccc(N([O-])[O-])cc1N(O)O. The van der Waals surface area contributed by atoms with Gasteiger partial charge in [-0.3, -0.25) is 26.1 Å². The van der Waals surface area contributed by atoms with Gasteiger partial charge in [0.2, 0.25) is 0 Å². The van der Waals surface area contributed by atoms with Crippen molar-refractivity contribution in [1.82, 2.24) is 10.4 Å². The van der Waals surface area contributed by atoms with Crippen molar-refractivity contribution in [1.29, 1.82) is 0 Å². The van der Waals surface area contributed by atoms with E-state index in [9.17, 15) is 25.6 Å². The third-order valence-corrected chi connectivity index (χ3v) is 5.14. The fraction of sp³-hybridized carbons (Fsp3) is 0.0588. The number of nitrogens with zero attached hydrogens (tertiary/aromatic N) is 3. The van der Waals surface area contributed by atoms with Crippen LogP contribution in [0.4, 0.5) is 27.9 Å². The topological polar surface area (TPSA) is 159 Å². The molecule has 0 fully saturated rings. The van der Waals surface area contributed by atoms with Crippen LogP contribution in [-0.4, -0.2) is 21.3 Å². The first kappa shape index (κ1) is 21.6. The largest absolute Gasteiger partial charge is 0.769 e. The first-order valence-electron chi connectivity index (χ1n) is 8.27. The fourth-order valence-electron chi connectivity index (χ4n) is 2.40. The van der Waals surface area contributed by atoms with Gasteiger partial charge in [0, 0.05) is 16.4 Å². The Labute approximate surface area is 179 Å². The number of thiazole rings is 1. The van der Waals surface area contributed by atoms with Crippen LogP contribution in [0.25, 0.3) is 0 Å². The quantitative estimate of drug-likeness (QED) is 0.333. The van der Waals surface area contributed by atoms with Crippen molar-refractivity contribution in [2.75, 3.05) is 21.2 Å². The second kappa shape index (κ2) is 9.13. The van der Waals surface area contributed by atoms with Crippen molar-refractivity contribution in [2.45, 2.75) is 6.92 Å². The predicted molar refractivity (Wildman–Crippen MR) is 114 cm³/mol. The molecule has 0 saturated heterocycles. The zero-order valence-corrected chi connectivity index (χ0v) is 16.9. The van der Waals surface area contributed by atoms with Crippen LogP contribution >= 0.6 is 22.9 Å². The number of amides is 1. The zero-order chi connectivity index (χ0) is 21.8. The van der Waals surface area contributed by atoms with E-state index in [-0.39, 0.29) is 22.3 Å². The van der Waals surface area contributed by atoms with Crippen molar-refractivity contribution in [3.63, 3.8) is 0 Å². The van der Waals surface area contributed by atoms with Crippen LogP contribution in [0.1, 0.15) is 15.4 Å². The molecule has 0 saturated carbocycles. The van der Waals surface area contributed by atoms with Gasteiger partial charge in [-0.05, 0) is 49.4 Å². The number of hydrogen-bond acceptors (Lipinski definition) is 11. The van der Waals surface area contributed by atoms with Gasteiger partial charge in [0.25, 0.3) is 5.91 Å². The third-order valence-electron chi connectivity index (χ3n) is 3.82. The predicted octanol–water partition coefficient (Wildman–Crippen LogP) is 3.99. The molecule has 0 atom stereocenters. The fourth-order valence-corrected chi connectivity index (χ4v) is 3.41. The molecule has 0 radical (unpaired) electrons. The van der Waals surface area contributed by atoms with E-state index in [0.29, 0.717) is 20.7 Å². The van der Waals surface area contributed by atoms with Crippen LogP contribution in [0.5, 0.6) is 0 Å². The molecule has 11 nitrogen and oxygen atoms in total. The van der Waals surface area contributed by atoms with Gasteiger partial charge in [0.1, 0.15) is 10.6 Å². The molecule has 0 aliphatic rings. The lowest BCUT2D eigenvalue weighted by molar-refractivity contribution is 0.0295. The molecule has 0 bridgehead atoms. The molecular weight excluding hydrogens is 436 g/mol. The lowest BCUT2D eigenvalue weighted by Crippen LogP contribution is -2.30. The van der Waals surface area contributed by atoms with Gasteiger partial charge < -0.3 is 21.0 Å². The highest BCUT2D eigenvalue weighted by molar-refractivity contribution is 7.17. The van der Waals surface area contributed by atoms with Gasteiger partial charge >= 0.3 is 0 Å². The Morgan fingerprint density at radius 1 is 1.17 bits per heavy atom. The summed E-state index contributed by atoms with van der Waals surface area (Å²) in [6.07, 6.45) is 0. The highest BCUT2D eigenvalue weighted by Gasteiger charge is 2.16. The van der Waals surface area contributed by atoms with E-state index >= 15 is 0 Å². The molecule has 0 unspecified atom stereocenters. The number of hydrazine groups is 1. The molecule has 30 heavy (non-hydrogen) atoms. The van der Waals surface area contributed by atoms with Crippen molar-refractivity contribution in [3.05, 3.63) is 68.5 Å². The molecule has 5 N–H and O–H groups in total. The van der Waals surface area contributed by atoms with E-state index in [2.05, 4.69) is 21.2 Å². The Bertz CT molecular complexity index is 1040. The average molecular weight is 451 g/mol. The normalized spacial score (nSPS) is 10.5. The van der Waals surface area contributed by atoms with Crippen molar-refractivity contribution in [3.8, 4) is 0 Å². The molecule has 2 aromatic carbocycles. The van der Waals surface area contributed by atoms with Crippen LogP contribution in [0.15, 0.2) is 42.5 Å². The van der Waals surface area contributed by atoms with Gasteiger partial charge in [-0.2, -0.15) is 0 Å². The minimum Gasteiger partial charge on any atom is -0.769 e. The maximum Gasteiger partial charge on any atom is 0.281 e. The molecule has 3 rings (SSSR count). The van der Waals surface area contributed by atoms with Crippen LogP contribution in [0.2, 0.25) is 5.02 Å². The lowest BCUT2D eigenvalue weighted by atomic mass is 10.2. The summed E-state index contributed by atoms with van der Waals surface area (Å²) in [5, 5.41) is 43.4. The molecule has 13 heteroatoms. The number of aromatic nitrogens is 1. The van der Waals surface area contributed by atoms with Crippen LogP contribution in [0, 0.1) is 17.3 Å². The number of benzene rings is 2. The van der Waals surface area contributed by atoms with Gasteiger partial charge in [0.15, 0.2) is 5.13 Å². The van der Waals surface area contributed by atoms with Gasteiger partial charge in [-0.15, -0.1) is 5.23 Å². The molecular formula is C17H15ClN6O5S-2. The Morgan fingerprint density at radius 2 is 1.87 bits per heavy atom. The van der Waals surface area contributed by atoms with Crippen molar-refractivity contribution >= 4 is 56.7 Å². The highest BCUT2D eigenvalue weighted by Crippen LogP contribution is 2.30. The summed E-state index contributed by atoms with van der Waals surface area (Å²) in [6, 6.07) is 10.3. The molecule has 0 spiro atoms. The molecule has 1 heterocycles. The summed E-state index contributed by atoms with van der Waals surface area (Å²) in [5.41, 5.74) is 5.49. The van der Waals surface area contributed by atoms with Crippen LogP contribution in [-0.2, 0) is 0 Å². The molecule has 3 aromatic rings. The molecule has 1 amide bonds. The monoisotopic (exact) mass is 450 g/mol. The van der Waals surface area contributed by atoms with Crippen LogP contribution < -0.4 is 26.6 Å². The maximum atomic E-state index is 12.5. The van der Waals surface area contributed by atoms with Gasteiger partial charge in [-0.25, -0.2) is 4.98 Å². The molecule has 0 aliphatic heterocycles. The number of nitrogens with one attached hydrogen (secondary N) is 3. The van der Waals surface area contributed by atoms with Gasteiger partial charge in [-0.1, -0.05) is 22.9 Å². The number of halogens is 1. The standard InChI is InChI=1S/C17H15ClN6O5S/c1-9-15(30-17(19-9)20-11-4-2-10(18)3-5-11)16(25)22-21-13-7-6-12(23(26)27)8-14(13)24(28)29/h2-8,21,28-29H,1H3,(H,19,20)(H,22,25)/q-2. The van der Waals surface area contributed by atoms with E-state index in [4.69, 9.17) is 11.6 Å². The molecule has 1 aromatic heterocycles. The second-order valence-corrected chi connectivity index (χ2v) is 7.33. The minimum atomic E-state index is -0.689. The second-order valence-electron chi connectivity index (χ2n) is 5.89. The smallest absolute Gasteiger partial charge is 0.281 e. The highest BCUT2D eigenvalue weighted by atomic mass is 35.5. The number of rotatable bonds is 7. The summed E-state index contributed by atoms with van der Waals surface area (Å²) in [7, 11) is 0. The third kappa shape index (κ3) is 5.07. The summed E-state index contributed by atoms with van der Waals surface area (Å²) in [6.45, 7) is 1.67. The number of carbonyl (C=O) groups is 1. The minimum absolute atomic E-state index is 0.0284. The maximum absolute atomic E-state index is 12.5. The first-order valence-corrected chi connectivity index (χ1v) is 9.46. The van der Waals surface area contributed by atoms with E-state index < -0.39 is 11.1 Å².